The summed E-state index contributed by atoms with van der Waals surface area (Å²) in [5.74, 6) is 1.44. The topological polar surface area (TPSA) is 88.7 Å². The van der Waals surface area contributed by atoms with E-state index >= 15 is 0 Å². The van der Waals surface area contributed by atoms with Gasteiger partial charge in [-0.15, -0.1) is 0 Å². The first-order valence-corrected chi connectivity index (χ1v) is 7.87. The van der Waals surface area contributed by atoms with Crippen LogP contribution in [-0.4, -0.2) is 19.3 Å². The number of carbonyl (C=O) groups is 1. The largest absolute Gasteiger partial charge is 0.465 e. The van der Waals surface area contributed by atoms with E-state index in [4.69, 9.17) is 13.6 Å². The Labute approximate surface area is 150 Å². The SMILES string of the molecule is COC(=O)c1ccccc1-c1ccc(/C=N/c2oc(C)c(C)c2C#N)o1. The zero-order valence-corrected chi connectivity index (χ0v) is 14.6. The predicted molar refractivity (Wildman–Crippen MR) is 95.6 cm³/mol. The molecule has 0 aliphatic rings. The van der Waals surface area contributed by atoms with Crippen molar-refractivity contribution in [2.24, 2.45) is 4.99 Å². The zero-order valence-electron chi connectivity index (χ0n) is 14.6. The van der Waals surface area contributed by atoms with Crippen LogP contribution in [0.4, 0.5) is 5.88 Å². The van der Waals surface area contributed by atoms with Crippen LogP contribution >= 0.6 is 0 Å². The molecule has 2 aromatic heterocycles. The average molecular weight is 348 g/mol. The molecule has 0 amide bonds. The van der Waals surface area contributed by atoms with Gasteiger partial charge < -0.3 is 13.6 Å². The summed E-state index contributed by atoms with van der Waals surface area (Å²) in [6.07, 6.45) is 1.48. The van der Waals surface area contributed by atoms with Crippen molar-refractivity contribution in [3.63, 3.8) is 0 Å². The molecule has 0 atom stereocenters. The highest BCUT2D eigenvalue weighted by Crippen LogP contribution is 2.29. The van der Waals surface area contributed by atoms with E-state index in [9.17, 15) is 10.1 Å². The van der Waals surface area contributed by atoms with Gasteiger partial charge in [-0.1, -0.05) is 18.2 Å². The van der Waals surface area contributed by atoms with Crippen molar-refractivity contribution >= 4 is 18.1 Å². The van der Waals surface area contributed by atoms with Gasteiger partial charge in [0.15, 0.2) is 0 Å². The lowest BCUT2D eigenvalue weighted by Crippen LogP contribution is -2.02. The Morgan fingerprint density at radius 1 is 1.19 bits per heavy atom. The molecule has 2 heterocycles. The maximum atomic E-state index is 11.9. The summed E-state index contributed by atoms with van der Waals surface area (Å²) in [4.78, 5) is 16.1. The molecule has 0 aliphatic heterocycles. The van der Waals surface area contributed by atoms with Gasteiger partial charge >= 0.3 is 5.97 Å². The highest BCUT2D eigenvalue weighted by atomic mass is 16.5. The van der Waals surface area contributed by atoms with E-state index in [0.29, 0.717) is 34.0 Å². The van der Waals surface area contributed by atoms with E-state index in [1.165, 1.54) is 13.3 Å². The fraction of sp³-hybridized carbons (Fsp3) is 0.150. The lowest BCUT2D eigenvalue weighted by atomic mass is 10.1. The third-order valence-electron chi connectivity index (χ3n) is 4.01. The lowest BCUT2D eigenvalue weighted by molar-refractivity contribution is 0.0601. The first-order chi connectivity index (χ1) is 12.5. The second kappa shape index (κ2) is 7.11. The number of hydrogen-bond donors (Lipinski definition) is 0. The number of benzene rings is 1. The Hall–Kier alpha value is -3.59. The van der Waals surface area contributed by atoms with Crippen LogP contribution in [0, 0.1) is 25.2 Å². The molecule has 26 heavy (non-hydrogen) atoms. The Balaban J connectivity index is 1.92. The van der Waals surface area contributed by atoms with Crippen molar-refractivity contribution in [2.45, 2.75) is 13.8 Å². The number of aryl methyl sites for hydroxylation is 1. The van der Waals surface area contributed by atoms with Crippen LogP contribution in [-0.2, 0) is 4.74 Å². The molecule has 0 spiro atoms. The molecule has 0 radical (unpaired) electrons. The Kier molecular flexibility index (Phi) is 4.72. The normalized spacial score (nSPS) is 10.8. The van der Waals surface area contributed by atoms with Gasteiger partial charge in [0.2, 0.25) is 5.88 Å². The van der Waals surface area contributed by atoms with Crippen LogP contribution in [0.25, 0.3) is 11.3 Å². The smallest absolute Gasteiger partial charge is 0.338 e. The van der Waals surface area contributed by atoms with Crippen LogP contribution < -0.4 is 0 Å². The summed E-state index contributed by atoms with van der Waals surface area (Å²) in [6.45, 7) is 3.59. The van der Waals surface area contributed by atoms with E-state index in [1.54, 1.807) is 37.3 Å². The standard InChI is InChI=1S/C20H16N2O4/c1-12-13(2)25-19(17(12)10-21)22-11-14-8-9-18(26-14)15-6-4-5-7-16(15)20(23)24-3/h4-9,11H,1-3H3/b22-11+. The van der Waals surface area contributed by atoms with Crippen LogP contribution in [0.1, 0.15) is 33.0 Å². The molecular formula is C20H16N2O4. The summed E-state index contributed by atoms with van der Waals surface area (Å²) in [7, 11) is 1.33. The van der Waals surface area contributed by atoms with Crippen LogP contribution in [0.3, 0.4) is 0 Å². The molecule has 6 nitrogen and oxygen atoms in total. The van der Waals surface area contributed by atoms with E-state index in [0.717, 1.165) is 5.56 Å². The maximum absolute atomic E-state index is 11.9. The van der Waals surface area contributed by atoms with Crippen molar-refractivity contribution in [3.05, 3.63) is 64.6 Å². The molecule has 0 fully saturated rings. The molecule has 3 aromatic rings. The minimum atomic E-state index is -0.438. The lowest BCUT2D eigenvalue weighted by Gasteiger charge is -2.04. The van der Waals surface area contributed by atoms with Gasteiger partial charge in [0.1, 0.15) is 28.9 Å². The molecule has 0 bridgehead atoms. The van der Waals surface area contributed by atoms with Crippen molar-refractivity contribution in [1.29, 1.82) is 5.26 Å². The molecule has 0 saturated carbocycles. The summed E-state index contributed by atoms with van der Waals surface area (Å²) < 4.78 is 16.0. The highest BCUT2D eigenvalue weighted by Gasteiger charge is 2.16. The van der Waals surface area contributed by atoms with Crippen molar-refractivity contribution in [2.75, 3.05) is 7.11 Å². The number of rotatable bonds is 4. The van der Waals surface area contributed by atoms with Gasteiger partial charge in [-0.25, -0.2) is 9.79 Å². The Morgan fingerprint density at radius 2 is 1.96 bits per heavy atom. The summed E-state index contributed by atoms with van der Waals surface area (Å²) in [5, 5.41) is 9.22. The highest BCUT2D eigenvalue weighted by molar-refractivity contribution is 5.96. The second-order valence-corrected chi connectivity index (χ2v) is 5.57. The number of nitriles is 1. The van der Waals surface area contributed by atoms with E-state index in [2.05, 4.69) is 11.1 Å². The van der Waals surface area contributed by atoms with Gasteiger partial charge in [0.05, 0.1) is 18.9 Å². The third kappa shape index (κ3) is 3.15. The summed E-state index contributed by atoms with van der Waals surface area (Å²) in [6, 6.07) is 12.6. The van der Waals surface area contributed by atoms with Gasteiger partial charge in [-0.3, -0.25) is 0 Å². The van der Waals surface area contributed by atoms with Crippen LogP contribution in [0.5, 0.6) is 0 Å². The first-order valence-electron chi connectivity index (χ1n) is 7.87. The van der Waals surface area contributed by atoms with Crippen LogP contribution in [0.15, 0.2) is 50.2 Å². The molecule has 0 saturated heterocycles. The minimum absolute atomic E-state index is 0.246. The molecule has 0 unspecified atom stereocenters. The molecule has 6 heteroatoms. The molecule has 0 aliphatic carbocycles. The molecular weight excluding hydrogens is 332 g/mol. The van der Waals surface area contributed by atoms with E-state index in [-0.39, 0.29) is 5.88 Å². The number of aliphatic imine (C=N–C) groups is 1. The fourth-order valence-electron chi connectivity index (χ4n) is 2.51. The minimum Gasteiger partial charge on any atom is -0.465 e. The van der Waals surface area contributed by atoms with Crippen molar-refractivity contribution in [3.8, 4) is 17.4 Å². The number of hydrogen-bond acceptors (Lipinski definition) is 6. The van der Waals surface area contributed by atoms with Gasteiger partial charge in [0, 0.05) is 11.1 Å². The van der Waals surface area contributed by atoms with E-state index < -0.39 is 5.97 Å². The molecule has 130 valence electrons. The maximum Gasteiger partial charge on any atom is 0.338 e. The number of nitrogens with zero attached hydrogens (tertiary/aromatic N) is 2. The van der Waals surface area contributed by atoms with Gasteiger partial charge in [-0.2, -0.15) is 5.26 Å². The second-order valence-electron chi connectivity index (χ2n) is 5.57. The molecule has 3 rings (SSSR count). The number of carbonyl (C=O) groups excluding carboxylic acids is 1. The predicted octanol–water partition coefficient (Wildman–Crippen LogP) is 4.57. The monoisotopic (exact) mass is 348 g/mol. The van der Waals surface area contributed by atoms with Crippen LogP contribution in [0.2, 0.25) is 0 Å². The Morgan fingerprint density at radius 3 is 2.69 bits per heavy atom. The number of furan rings is 2. The Bertz CT molecular complexity index is 1030. The molecule has 1 aromatic carbocycles. The first kappa shape index (κ1) is 17.2. The number of ether oxygens (including phenoxy) is 1. The average Bonchev–Trinajstić information content (AvgIpc) is 3.24. The van der Waals surface area contributed by atoms with E-state index in [1.807, 2.05) is 13.0 Å². The third-order valence-corrected chi connectivity index (χ3v) is 4.01. The summed E-state index contributed by atoms with van der Waals surface area (Å²) >= 11 is 0. The van der Waals surface area contributed by atoms with Crippen molar-refractivity contribution in [1.82, 2.24) is 0 Å². The number of methoxy groups -OCH3 is 1. The zero-order chi connectivity index (χ0) is 18.7. The van der Waals surface area contributed by atoms with Crippen molar-refractivity contribution < 1.29 is 18.4 Å². The quantitative estimate of drug-likeness (QED) is 0.509. The molecule has 0 N–H and O–H groups in total. The number of esters is 1. The fourth-order valence-corrected chi connectivity index (χ4v) is 2.51. The van der Waals surface area contributed by atoms with Gasteiger partial charge in [0.25, 0.3) is 0 Å². The van der Waals surface area contributed by atoms with Gasteiger partial charge in [-0.05, 0) is 32.0 Å². The summed E-state index contributed by atoms with van der Waals surface area (Å²) in [5.41, 5.74) is 2.21.